The second-order valence-corrected chi connectivity index (χ2v) is 8.41. The number of benzene rings is 1. The molecule has 0 aliphatic heterocycles. The third kappa shape index (κ3) is 12.9. The van der Waals surface area contributed by atoms with Crippen LogP contribution in [0.3, 0.4) is 0 Å². The molecule has 0 unspecified atom stereocenters. The minimum absolute atomic E-state index is 0.00197. The molecule has 0 radical (unpaired) electrons. The minimum atomic E-state index is -1.46. The number of urea groups is 1. The molecule has 0 fully saturated rings. The van der Waals surface area contributed by atoms with Crippen molar-refractivity contribution in [2.24, 2.45) is 0 Å². The van der Waals surface area contributed by atoms with E-state index in [4.69, 9.17) is 9.47 Å². The van der Waals surface area contributed by atoms with Gasteiger partial charge in [-0.3, -0.25) is 14.5 Å². The van der Waals surface area contributed by atoms with Gasteiger partial charge in [-0.25, -0.2) is 19.2 Å². The Bertz CT molecular complexity index is 987. The number of rotatable bonds is 17. The molecule has 14 heteroatoms. The molecule has 0 heterocycles. The van der Waals surface area contributed by atoms with Crippen molar-refractivity contribution in [1.82, 2.24) is 15.5 Å². The number of hydrogen-bond acceptors (Lipinski definition) is 10. The number of carbonyl (C=O) groups excluding carboxylic acids is 5. The van der Waals surface area contributed by atoms with Crippen LogP contribution >= 0.6 is 0 Å². The number of carbonyl (C=O) groups is 6. The molecule has 222 valence electrons. The molecule has 3 amide bonds. The SMILES string of the molecule is CCOC(=O)CN(C(=O)N[C@@H](CCC(=O)OC)C(=O)OC)[C@@H](CCCCNC(=O)OCc1ccccc1)C(=O)O. The summed E-state index contributed by atoms with van der Waals surface area (Å²) in [7, 11) is 2.25. The van der Waals surface area contributed by atoms with E-state index in [9.17, 15) is 33.9 Å². The number of carboxylic acid groups (broad SMARTS) is 1. The number of hydrogen-bond donors (Lipinski definition) is 3. The molecule has 0 aromatic heterocycles. The topological polar surface area (TPSA) is 187 Å². The molecule has 1 rings (SSSR count). The van der Waals surface area contributed by atoms with Crippen molar-refractivity contribution in [2.75, 3.05) is 33.9 Å². The fourth-order valence-electron chi connectivity index (χ4n) is 3.50. The Morgan fingerprint density at radius 2 is 1.62 bits per heavy atom. The zero-order chi connectivity index (χ0) is 29.9. The van der Waals surface area contributed by atoms with Gasteiger partial charge in [0.05, 0.1) is 20.8 Å². The number of amides is 3. The van der Waals surface area contributed by atoms with Crippen LogP contribution < -0.4 is 10.6 Å². The molecule has 3 N–H and O–H groups in total. The summed E-state index contributed by atoms with van der Waals surface area (Å²) >= 11 is 0. The summed E-state index contributed by atoms with van der Waals surface area (Å²) in [5, 5.41) is 14.7. The fourth-order valence-corrected chi connectivity index (χ4v) is 3.50. The highest BCUT2D eigenvalue weighted by Crippen LogP contribution is 2.12. The van der Waals surface area contributed by atoms with E-state index < -0.39 is 54.6 Å². The molecule has 0 saturated heterocycles. The molecule has 0 bridgehead atoms. The van der Waals surface area contributed by atoms with E-state index >= 15 is 0 Å². The van der Waals surface area contributed by atoms with Crippen LogP contribution in [0.2, 0.25) is 0 Å². The van der Waals surface area contributed by atoms with Crippen LogP contribution in [0.15, 0.2) is 30.3 Å². The van der Waals surface area contributed by atoms with Crippen molar-refractivity contribution in [1.29, 1.82) is 0 Å². The van der Waals surface area contributed by atoms with E-state index in [-0.39, 0.29) is 45.4 Å². The molecular weight excluding hydrogens is 530 g/mol. The lowest BCUT2D eigenvalue weighted by Gasteiger charge is -2.30. The zero-order valence-corrected chi connectivity index (χ0v) is 22.9. The highest BCUT2D eigenvalue weighted by molar-refractivity contribution is 5.89. The number of alkyl carbamates (subject to hydrolysis) is 1. The summed E-state index contributed by atoms with van der Waals surface area (Å²) in [5.74, 6) is -3.74. The van der Waals surface area contributed by atoms with Crippen LogP contribution in [0.25, 0.3) is 0 Å². The molecule has 14 nitrogen and oxygen atoms in total. The first-order valence-electron chi connectivity index (χ1n) is 12.7. The first kappa shape index (κ1) is 33.7. The van der Waals surface area contributed by atoms with Crippen LogP contribution in [0, 0.1) is 0 Å². The van der Waals surface area contributed by atoms with Gasteiger partial charge in [-0.05, 0) is 38.2 Å². The van der Waals surface area contributed by atoms with E-state index in [0.717, 1.165) is 24.7 Å². The maximum absolute atomic E-state index is 13.1. The maximum Gasteiger partial charge on any atom is 0.407 e. The van der Waals surface area contributed by atoms with E-state index in [1.807, 2.05) is 30.3 Å². The van der Waals surface area contributed by atoms with E-state index in [2.05, 4.69) is 20.1 Å². The van der Waals surface area contributed by atoms with Gasteiger partial charge >= 0.3 is 36.0 Å². The number of aliphatic carboxylic acids is 1. The smallest absolute Gasteiger partial charge is 0.407 e. The largest absolute Gasteiger partial charge is 0.480 e. The van der Waals surface area contributed by atoms with Gasteiger partial charge in [-0.2, -0.15) is 0 Å². The zero-order valence-electron chi connectivity index (χ0n) is 22.9. The molecule has 0 saturated carbocycles. The lowest BCUT2D eigenvalue weighted by atomic mass is 10.1. The van der Waals surface area contributed by atoms with Gasteiger partial charge in [0, 0.05) is 13.0 Å². The Labute approximate surface area is 232 Å². The summed E-state index contributed by atoms with van der Waals surface area (Å²) in [6.07, 6.45) is -0.509. The second-order valence-electron chi connectivity index (χ2n) is 8.41. The molecular formula is C26H37N3O11. The molecule has 2 atom stereocenters. The summed E-state index contributed by atoms with van der Waals surface area (Å²) in [5.41, 5.74) is 0.821. The lowest BCUT2D eigenvalue weighted by Crippen LogP contribution is -2.55. The van der Waals surface area contributed by atoms with Crippen molar-refractivity contribution in [3.8, 4) is 0 Å². The van der Waals surface area contributed by atoms with E-state index in [1.165, 1.54) is 0 Å². The van der Waals surface area contributed by atoms with Gasteiger partial charge < -0.3 is 34.7 Å². The van der Waals surface area contributed by atoms with Crippen molar-refractivity contribution in [3.05, 3.63) is 35.9 Å². The van der Waals surface area contributed by atoms with Gasteiger partial charge in [-0.15, -0.1) is 0 Å². The van der Waals surface area contributed by atoms with Crippen molar-refractivity contribution >= 4 is 36.0 Å². The number of unbranched alkanes of at least 4 members (excludes halogenated alkanes) is 1. The van der Waals surface area contributed by atoms with E-state index in [0.29, 0.717) is 6.42 Å². The standard InChI is InChI=1S/C26H37N3O11/c1-4-39-22(31)16-29(25(35)28-19(24(34)38-3)13-14-21(30)37-2)20(23(32)33)12-8-9-15-27-26(36)40-17-18-10-6-5-7-11-18/h5-7,10-11,19-20H,4,8-9,12-17H2,1-3H3,(H,27,36)(H,28,35)(H,32,33)/t19-,20-/m0/s1. The molecule has 0 spiro atoms. The molecule has 0 aliphatic carbocycles. The first-order valence-corrected chi connectivity index (χ1v) is 12.7. The molecule has 1 aromatic rings. The number of ether oxygens (including phenoxy) is 4. The summed E-state index contributed by atoms with van der Waals surface area (Å²) < 4.78 is 19.2. The Morgan fingerprint density at radius 3 is 2.23 bits per heavy atom. The monoisotopic (exact) mass is 567 g/mol. The van der Waals surface area contributed by atoms with Gasteiger partial charge in [0.15, 0.2) is 0 Å². The Morgan fingerprint density at radius 1 is 0.925 bits per heavy atom. The van der Waals surface area contributed by atoms with Crippen molar-refractivity contribution < 1.29 is 52.8 Å². The van der Waals surface area contributed by atoms with Gasteiger partial charge in [-0.1, -0.05) is 30.3 Å². The predicted molar refractivity (Wildman–Crippen MR) is 139 cm³/mol. The normalized spacial score (nSPS) is 11.8. The number of carboxylic acids is 1. The van der Waals surface area contributed by atoms with Crippen LogP contribution in [0.4, 0.5) is 9.59 Å². The molecule has 1 aromatic carbocycles. The molecule has 40 heavy (non-hydrogen) atoms. The van der Waals surface area contributed by atoms with Crippen molar-refractivity contribution in [3.63, 3.8) is 0 Å². The maximum atomic E-state index is 13.1. The van der Waals surface area contributed by atoms with E-state index in [1.54, 1.807) is 6.92 Å². The van der Waals surface area contributed by atoms with Crippen LogP contribution in [-0.2, 0) is 44.7 Å². The third-order valence-electron chi connectivity index (χ3n) is 5.56. The van der Waals surface area contributed by atoms with Crippen LogP contribution in [0.5, 0.6) is 0 Å². The van der Waals surface area contributed by atoms with Crippen molar-refractivity contribution in [2.45, 2.75) is 57.7 Å². The van der Waals surface area contributed by atoms with Gasteiger partial charge in [0.2, 0.25) is 0 Å². The first-order chi connectivity index (χ1) is 19.1. The average molecular weight is 568 g/mol. The highest BCUT2D eigenvalue weighted by Gasteiger charge is 2.34. The Hall–Kier alpha value is -4.36. The number of esters is 3. The molecule has 0 aliphatic rings. The quantitative estimate of drug-likeness (QED) is 0.141. The number of methoxy groups -OCH3 is 2. The Kier molecular flexibility index (Phi) is 15.8. The highest BCUT2D eigenvalue weighted by atomic mass is 16.5. The van der Waals surface area contributed by atoms with Crippen LogP contribution in [0.1, 0.15) is 44.6 Å². The summed E-state index contributed by atoms with van der Waals surface area (Å²) in [6.45, 7) is 1.13. The summed E-state index contributed by atoms with van der Waals surface area (Å²) in [4.78, 5) is 73.7. The predicted octanol–water partition coefficient (Wildman–Crippen LogP) is 1.61. The van der Waals surface area contributed by atoms with Crippen LogP contribution in [-0.4, -0.2) is 92.0 Å². The average Bonchev–Trinajstić information content (AvgIpc) is 2.94. The number of nitrogens with one attached hydrogen (secondary N) is 2. The second kappa shape index (κ2) is 18.8. The lowest BCUT2D eigenvalue weighted by molar-refractivity contribution is -0.147. The van der Waals surface area contributed by atoms with Gasteiger partial charge in [0.25, 0.3) is 0 Å². The number of nitrogens with zero attached hydrogens (tertiary/aromatic N) is 1. The minimum Gasteiger partial charge on any atom is -0.480 e. The third-order valence-corrected chi connectivity index (χ3v) is 5.56. The fraction of sp³-hybridized carbons (Fsp3) is 0.538. The summed E-state index contributed by atoms with van der Waals surface area (Å²) in [6, 6.07) is 5.29. The van der Waals surface area contributed by atoms with Gasteiger partial charge in [0.1, 0.15) is 25.2 Å². The Balaban J connectivity index is 2.79.